The molecule has 0 rings (SSSR count). The standard InChI is InChI=1S/C4H9BO/c1-4(2,6)3-5/h6H,3H2,1-2H3. The van der Waals surface area contributed by atoms with E-state index in [-0.39, 0.29) is 0 Å². The van der Waals surface area contributed by atoms with Gasteiger partial charge in [-0.2, -0.15) is 0 Å². The summed E-state index contributed by atoms with van der Waals surface area (Å²) in [5, 5.41) is 8.70. The zero-order chi connectivity index (χ0) is 5.21. The predicted molar refractivity (Wildman–Crippen MR) is 26.9 cm³/mol. The maximum absolute atomic E-state index is 8.70. The topological polar surface area (TPSA) is 20.2 Å². The van der Waals surface area contributed by atoms with Crippen molar-refractivity contribution in [3.8, 4) is 0 Å². The van der Waals surface area contributed by atoms with Crippen molar-refractivity contribution in [1.82, 2.24) is 0 Å². The van der Waals surface area contributed by atoms with Crippen molar-refractivity contribution >= 4 is 7.85 Å². The summed E-state index contributed by atoms with van der Waals surface area (Å²) in [6.45, 7) is 3.35. The Balaban J connectivity index is 3.17. The quantitative estimate of drug-likeness (QED) is 0.454. The van der Waals surface area contributed by atoms with Gasteiger partial charge in [0, 0.05) is 0 Å². The minimum atomic E-state index is -0.681. The van der Waals surface area contributed by atoms with E-state index < -0.39 is 5.60 Å². The Morgan fingerprint density at radius 3 is 1.83 bits per heavy atom. The highest BCUT2D eigenvalue weighted by Crippen LogP contribution is 2.02. The molecule has 0 bridgehead atoms. The largest absolute Gasteiger partial charge is 0.391 e. The van der Waals surface area contributed by atoms with Crippen LogP contribution in [0.25, 0.3) is 0 Å². The molecule has 34 valence electrons. The van der Waals surface area contributed by atoms with Crippen LogP contribution in [0.3, 0.4) is 0 Å². The highest BCUT2D eigenvalue weighted by Gasteiger charge is 2.05. The maximum atomic E-state index is 8.70. The molecule has 0 aliphatic rings. The number of rotatable bonds is 1. The van der Waals surface area contributed by atoms with Crippen molar-refractivity contribution in [2.75, 3.05) is 0 Å². The van der Waals surface area contributed by atoms with Crippen LogP contribution in [0.4, 0.5) is 0 Å². The fourth-order valence-electron chi connectivity index (χ4n) is 0. The number of hydrogen-bond acceptors (Lipinski definition) is 1. The number of hydrogen-bond donors (Lipinski definition) is 1. The van der Waals surface area contributed by atoms with Gasteiger partial charge in [-0.15, -0.1) is 0 Å². The van der Waals surface area contributed by atoms with Crippen molar-refractivity contribution in [3.05, 3.63) is 0 Å². The van der Waals surface area contributed by atoms with E-state index in [1.54, 1.807) is 13.8 Å². The predicted octanol–water partition coefficient (Wildman–Crippen LogP) is 0.344. The molecule has 1 N–H and O–H groups in total. The van der Waals surface area contributed by atoms with Crippen molar-refractivity contribution in [1.29, 1.82) is 0 Å². The third kappa shape index (κ3) is 4.02. The molecule has 0 aromatic heterocycles. The molecule has 0 atom stereocenters. The Hall–Kier alpha value is 0.0249. The highest BCUT2D eigenvalue weighted by atomic mass is 16.3. The molecule has 1 nitrogen and oxygen atoms in total. The summed E-state index contributed by atoms with van der Waals surface area (Å²) in [4.78, 5) is 0. The maximum Gasteiger partial charge on any atom is 0.0691 e. The summed E-state index contributed by atoms with van der Waals surface area (Å²) in [6.07, 6.45) is 0.326. The second-order valence-electron chi connectivity index (χ2n) is 2.02. The summed E-state index contributed by atoms with van der Waals surface area (Å²) in [7, 11) is 5.06. The Morgan fingerprint density at radius 2 is 1.83 bits per heavy atom. The van der Waals surface area contributed by atoms with Crippen LogP contribution in [0.1, 0.15) is 13.8 Å². The molecular weight excluding hydrogens is 74.9 g/mol. The summed E-state index contributed by atoms with van der Waals surface area (Å²) in [5.74, 6) is 0. The Kier molecular flexibility index (Phi) is 1.66. The summed E-state index contributed by atoms with van der Waals surface area (Å²) in [5.41, 5.74) is -0.681. The van der Waals surface area contributed by atoms with Gasteiger partial charge in [0.25, 0.3) is 0 Å². The monoisotopic (exact) mass is 84.1 g/mol. The average molecular weight is 83.9 g/mol. The molecule has 0 saturated carbocycles. The van der Waals surface area contributed by atoms with Crippen LogP contribution in [-0.2, 0) is 0 Å². The normalized spacial score (nSPS) is 11.8. The fraction of sp³-hybridized carbons (Fsp3) is 1.00. The Morgan fingerprint density at radius 1 is 1.67 bits per heavy atom. The first-order valence-electron chi connectivity index (χ1n) is 1.99. The van der Waals surface area contributed by atoms with Crippen LogP contribution < -0.4 is 0 Å². The second-order valence-corrected chi connectivity index (χ2v) is 2.02. The fourth-order valence-corrected chi connectivity index (χ4v) is 0. The van der Waals surface area contributed by atoms with Crippen molar-refractivity contribution in [2.24, 2.45) is 0 Å². The van der Waals surface area contributed by atoms with E-state index >= 15 is 0 Å². The smallest absolute Gasteiger partial charge is 0.0691 e. The minimum absolute atomic E-state index is 0.326. The van der Waals surface area contributed by atoms with Gasteiger partial charge in [-0.25, -0.2) is 0 Å². The van der Waals surface area contributed by atoms with Gasteiger partial charge in [-0.3, -0.25) is 0 Å². The van der Waals surface area contributed by atoms with Crippen molar-refractivity contribution in [3.63, 3.8) is 0 Å². The van der Waals surface area contributed by atoms with E-state index in [1.807, 2.05) is 0 Å². The van der Waals surface area contributed by atoms with E-state index in [4.69, 9.17) is 13.0 Å². The van der Waals surface area contributed by atoms with Crippen molar-refractivity contribution < 1.29 is 5.11 Å². The molecule has 0 heterocycles. The van der Waals surface area contributed by atoms with Crippen LogP contribution in [-0.4, -0.2) is 18.6 Å². The van der Waals surface area contributed by atoms with E-state index in [1.165, 1.54) is 0 Å². The molecule has 0 amide bonds. The van der Waals surface area contributed by atoms with Crippen LogP contribution in [0, 0.1) is 0 Å². The lowest BCUT2D eigenvalue weighted by Crippen LogP contribution is -2.16. The van der Waals surface area contributed by atoms with Gasteiger partial charge >= 0.3 is 0 Å². The molecule has 0 fully saturated rings. The molecule has 2 heteroatoms. The first-order chi connectivity index (χ1) is 2.56. The van der Waals surface area contributed by atoms with Gasteiger partial charge < -0.3 is 5.11 Å². The summed E-state index contributed by atoms with van der Waals surface area (Å²) >= 11 is 0. The second kappa shape index (κ2) is 1.65. The average Bonchev–Trinajstić information content (AvgIpc) is 1.35. The zero-order valence-corrected chi connectivity index (χ0v) is 4.23. The van der Waals surface area contributed by atoms with E-state index in [2.05, 4.69) is 0 Å². The summed E-state index contributed by atoms with van der Waals surface area (Å²) < 4.78 is 0. The molecule has 2 radical (unpaired) electrons. The van der Waals surface area contributed by atoms with Gasteiger partial charge in [0.05, 0.1) is 13.4 Å². The molecule has 0 aromatic carbocycles. The van der Waals surface area contributed by atoms with Gasteiger partial charge in [0.2, 0.25) is 0 Å². The van der Waals surface area contributed by atoms with Gasteiger partial charge in [0.15, 0.2) is 0 Å². The molecule has 0 aliphatic carbocycles. The highest BCUT2D eigenvalue weighted by molar-refractivity contribution is 6.09. The summed E-state index contributed by atoms with van der Waals surface area (Å²) in [6, 6.07) is 0. The van der Waals surface area contributed by atoms with Crippen LogP contribution in [0.15, 0.2) is 0 Å². The lowest BCUT2D eigenvalue weighted by molar-refractivity contribution is 0.102. The third-order valence-electron chi connectivity index (χ3n) is 0.500. The van der Waals surface area contributed by atoms with Crippen LogP contribution in [0.5, 0.6) is 0 Å². The molecule has 0 aliphatic heterocycles. The van der Waals surface area contributed by atoms with E-state index in [0.29, 0.717) is 6.32 Å². The SMILES string of the molecule is [B]CC(C)(C)O. The first kappa shape index (κ1) is 6.02. The van der Waals surface area contributed by atoms with E-state index in [0.717, 1.165) is 0 Å². The van der Waals surface area contributed by atoms with Crippen LogP contribution >= 0.6 is 0 Å². The Bertz CT molecular complexity index is 37.3. The Labute approximate surface area is 39.8 Å². The van der Waals surface area contributed by atoms with Gasteiger partial charge in [-0.05, 0) is 13.8 Å². The zero-order valence-electron chi connectivity index (χ0n) is 4.23. The molecule has 0 saturated heterocycles. The molecule has 0 aromatic rings. The minimum Gasteiger partial charge on any atom is -0.391 e. The lowest BCUT2D eigenvalue weighted by Gasteiger charge is -2.11. The molecule has 6 heavy (non-hydrogen) atoms. The number of aliphatic hydroxyl groups is 1. The van der Waals surface area contributed by atoms with Gasteiger partial charge in [0.1, 0.15) is 0 Å². The van der Waals surface area contributed by atoms with Crippen LogP contribution in [0.2, 0.25) is 6.32 Å². The van der Waals surface area contributed by atoms with Gasteiger partial charge in [-0.1, -0.05) is 6.32 Å². The lowest BCUT2D eigenvalue weighted by atomic mass is 9.90. The molecule has 0 spiro atoms. The molecule has 0 unspecified atom stereocenters. The molecular formula is C4H9BO. The first-order valence-corrected chi connectivity index (χ1v) is 1.99. The van der Waals surface area contributed by atoms with E-state index in [9.17, 15) is 0 Å². The van der Waals surface area contributed by atoms with Crippen molar-refractivity contribution in [2.45, 2.75) is 25.8 Å². The third-order valence-corrected chi connectivity index (χ3v) is 0.500.